The zero-order valence-corrected chi connectivity index (χ0v) is 71.0. The molecule has 0 heterocycles. The van der Waals surface area contributed by atoms with Gasteiger partial charge >= 0.3 is 39.5 Å². The smallest absolute Gasteiger partial charge is 0.462 e. The summed E-state index contributed by atoms with van der Waals surface area (Å²) < 4.78 is 68.5. The second-order valence-corrected chi connectivity index (χ2v) is 30.2. The lowest BCUT2D eigenvalue weighted by Crippen LogP contribution is -2.30. The summed E-state index contributed by atoms with van der Waals surface area (Å²) >= 11 is 0. The normalized spacial score (nSPS) is 14.8. The van der Waals surface area contributed by atoms with Gasteiger partial charge in [-0.1, -0.05) is 337 Å². The number of esters is 4. The number of carbonyl (C=O) groups is 4. The number of carbonyl (C=O) groups excluding carboxylic acids is 4. The van der Waals surface area contributed by atoms with Crippen molar-refractivity contribution < 1.29 is 80.2 Å². The number of hydrogen-bond acceptors (Lipinski definition) is 15. The van der Waals surface area contributed by atoms with Gasteiger partial charge in [-0.2, -0.15) is 0 Å². The summed E-state index contributed by atoms with van der Waals surface area (Å²) in [6, 6.07) is 0. The Hall–Kier alpha value is -6.36. The number of ether oxygens (including phenoxy) is 4. The zero-order chi connectivity index (χ0) is 81.7. The van der Waals surface area contributed by atoms with Crippen LogP contribution in [-0.4, -0.2) is 96.7 Å². The van der Waals surface area contributed by atoms with Crippen LogP contribution in [0.15, 0.2) is 207 Å². The molecular weight excluding hydrogens is 1450 g/mol. The highest BCUT2D eigenvalue weighted by atomic mass is 31.2. The van der Waals surface area contributed by atoms with Crippen molar-refractivity contribution in [2.24, 2.45) is 0 Å². The number of aliphatic hydroxyl groups is 1. The predicted octanol–water partition coefficient (Wildman–Crippen LogP) is 25.4. The van der Waals surface area contributed by atoms with E-state index in [-0.39, 0.29) is 25.7 Å². The summed E-state index contributed by atoms with van der Waals surface area (Å²) in [7, 11) is -10.1. The lowest BCUT2D eigenvalue weighted by atomic mass is 10.0. The van der Waals surface area contributed by atoms with Crippen molar-refractivity contribution in [3.05, 3.63) is 207 Å². The number of hydrogen-bond donors (Lipinski definition) is 3. The monoisotopic (exact) mass is 1600 g/mol. The first-order chi connectivity index (χ1) is 54.7. The Labute approximate surface area is 678 Å². The van der Waals surface area contributed by atoms with Crippen LogP contribution in [0.5, 0.6) is 0 Å². The van der Waals surface area contributed by atoms with E-state index in [0.29, 0.717) is 44.9 Å². The molecule has 0 aliphatic heterocycles. The van der Waals surface area contributed by atoms with Gasteiger partial charge in [0.1, 0.15) is 19.3 Å². The van der Waals surface area contributed by atoms with Crippen LogP contribution in [0.1, 0.15) is 297 Å². The second kappa shape index (κ2) is 82.6. The van der Waals surface area contributed by atoms with Crippen molar-refractivity contribution in [2.45, 2.75) is 316 Å². The molecule has 0 aromatic heterocycles. The number of aliphatic hydroxyl groups excluding tert-OH is 1. The highest BCUT2D eigenvalue weighted by Crippen LogP contribution is 2.45. The molecule has 17 nitrogen and oxygen atoms in total. The van der Waals surface area contributed by atoms with Gasteiger partial charge in [0.25, 0.3) is 0 Å². The van der Waals surface area contributed by atoms with Crippen LogP contribution in [0.25, 0.3) is 0 Å². The molecule has 0 aliphatic carbocycles. The first kappa shape index (κ1) is 106. The molecule has 0 aromatic carbocycles. The summed E-state index contributed by atoms with van der Waals surface area (Å²) in [5.74, 6) is -2.48. The lowest BCUT2D eigenvalue weighted by Gasteiger charge is -2.21. The maximum atomic E-state index is 13.1. The molecule has 0 bridgehead atoms. The van der Waals surface area contributed by atoms with E-state index in [4.69, 9.17) is 37.0 Å². The Balaban J connectivity index is 5.59. The largest absolute Gasteiger partial charge is 0.472 e. The van der Waals surface area contributed by atoms with Crippen molar-refractivity contribution in [3.63, 3.8) is 0 Å². The van der Waals surface area contributed by atoms with Gasteiger partial charge in [-0.3, -0.25) is 37.3 Å². The Morgan fingerprint density at radius 2 is 0.482 bits per heavy atom. The first-order valence-electron chi connectivity index (χ1n) is 42.3. The van der Waals surface area contributed by atoms with Gasteiger partial charge < -0.3 is 33.8 Å². The van der Waals surface area contributed by atoms with Gasteiger partial charge in [0.2, 0.25) is 0 Å². The van der Waals surface area contributed by atoms with E-state index in [0.717, 1.165) is 116 Å². The zero-order valence-electron chi connectivity index (χ0n) is 69.3. The van der Waals surface area contributed by atoms with Crippen molar-refractivity contribution in [2.75, 3.05) is 39.6 Å². The molecule has 5 atom stereocenters. The summed E-state index contributed by atoms with van der Waals surface area (Å²) in [6.07, 6.45) is 104. The molecule has 0 fully saturated rings. The average molecular weight is 1600 g/mol. The van der Waals surface area contributed by atoms with E-state index in [2.05, 4.69) is 180 Å². The molecule has 112 heavy (non-hydrogen) atoms. The van der Waals surface area contributed by atoms with Gasteiger partial charge in [0, 0.05) is 25.7 Å². The van der Waals surface area contributed by atoms with Crippen LogP contribution in [0.4, 0.5) is 0 Å². The average Bonchev–Trinajstić information content (AvgIpc) is 0.898. The molecule has 3 N–H and O–H groups in total. The Morgan fingerprint density at radius 1 is 0.259 bits per heavy atom. The minimum absolute atomic E-state index is 0.0125. The van der Waals surface area contributed by atoms with E-state index >= 15 is 0 Å². The van der Waals surface area contributed by atoms with Crippen LogP contribution >= 0.6 is 15.6 Å². The third kappa shape index (κ3) is 81.6. The SMILES string of the molecule is CC/C=C\C/C=C\C/C=C\C/C=C\C/C=C\C/C=C\CCC(=O)OC[C@H](COP(=O)(O)OC[C@@H](O)COP(=O)(O)OC[C@@H](COC(=O)CC/C=C\C/C=C\C/C=C\C/C=C\C/C=C\CCCCC)OC(=O)CC/C=C\C/C=C\C/C=C\C/C=C\C/C=C\C/C=C\CC)OC(=O)CCCCCCCCCCCCCCCCC. The van der Waals surface area contributed by atoms with E-state index in [1.807, 2.05) is 54.7 Å². The van der Waals surface area contributed by atoms with Crippen molar-refractivity contribution in [3.8, 4) is 0 Å². The molecule has 0 amide bonds. The first-order valence-corrected chi connectivity index (χ1v) is 45.3. The quantitative estimate of drug-likeness (QED) is 0.0169. The number of phosphoric ester groups is 2. The Bertz CT molecular complexity index is 2940. The number of rotatable bonds is 77. The topological polar surface area (TPSA) is 237 Å². The fourth-order valence-corrected chi connectivity index (χ4v) is 12.0. The van der Waals surface area contributed by atoms with Crippen molar-refractivity contribution >= 4 is 39.5 Å². The van der Waals surface area contributed by atoms with E-state index in [9.17, 15) is 43.2 Å². The van der Waals surface area contributed by atoms with Crippen LogP contribution < -0.4 is 0 Å². The molecule has 2 unspecified atom stereocenters. The summed E-state index contributed by atoms with van der Waals surface area (Å²) in [5, 5.41) is 10.7. The standard InChI is InChI=1S/C93H148O17P2/c1-5-9-13-17-21-25-29-33-37-40-43-46-50-53-57-61-65-69-73-77-90(95)103-83-88(109-92(97)79-75-71-67-63-59-55-49-36-32-28-24-20-16-12-8-4)85-107-111(99,100)105-81-87(94)82-106-112(101,102)108-86-89(110-93(98)80-76-72-68-64-60-56-52-48-45-42-39-35-31-27-23-19-15-11-7-3)84-104-91(96)78-74-70-66-62-58-54-51-47-44-41-38-34-30-26-22-18-14-10-6-2/h9,11,13,15,21-23,25-27,33-35,37-39,43-48,53-54,56-58,60,65-66,68-70,72,87-89,94H,5-8,10,12,14,16-20,24,28-32,36,40-42,49-52,55,59,61-64,67,71,73-86H2,1-4H3,(H,99,100)(H,101,102)/b13-9-,15-11-,25-21-,26-22-,27-23-,37-33-,38-34-,39-35-,46-43-,47-44-,48-45-,57-53-,58-54-,60-56-,69-65-,70-66-,72-68-/t87-,88-,89-/m1/s1. The molecular formula is C93H148O17P2. The molecule has 0 saturated carbocycles. The van der Waals surface area contributed by atoms with Gasteiger partial charge in [-0.05, 0) is 141 Å². The molecule has 19 heteroatoms. The Morgan fingerprint density at radius 3 is 0.768 bits per heavy atom. The van der Waals surface area contributed by atoms with Crippen LogP contribution in [0.2, 0.25) is 0 Å². The highest BCUT2D eigenvalue weighted by Gasteiger charge is 2.30. The molecule has 0 radical (unpaired) electrons. The van der Waals surface area contributed by atoms with E-state index < -0.39 is 97.5 Å². The molecule has 0 aromatic rings. The molecule has 0 spiro atoms. The van der Waals surface area contributed by atoms with Gasteiger partial charge in [0.05, 0.1) is 26.4 Å². The third-order valence-corrected chi connectivity index (χ3v) is 18.7. The van der Waals surface area contributed by atoms with E-state index in [1.165, 1.54) is 83.5 Å². The molecule has 632 valence electrons. The predicted molar refractivity (Wildman–Crippen MR) is 463 cm³/mol. The molecule has 0 aliphatic rings. The van der Waals surface area contributed by atoms with E-state index in [1.54, 1.807) is 0 Å². The number of phosphoric acid groups is 2. The summed E-state index contributed by atoms with van der Waals surface area (Å²) in [4.78, 5) is 73.1. The minimum atomic E-state index is -5.03. The van der Waals surface area contributed by atoms with Crippen LogP contribution in [0, 0.1) is 0 Å². The van der Waals surface area contributed by atoms with Crippen LogP contribution in [-0.2, 0) is 65.4 Å². The molecule has 0 rings (SSSR count). The summed E-state index contributed by atoms with van der Waals surface area (Å²) in [6.45, 7) is 4.36. The van der Waals surface area contributed by atoms with Crippen LogP contribution in [0.3, 0.4) is 0 Å². The molecule has 0 saturated heterocycles. The second-order valence-electron chi connectivity index (χ2n) is 27.3. The Kier molecular flexibility index (Phi) is 77.9. The maximum absolute atomic E-state index is 13.1. The van der Waals surface area contributed by atoms with Gasteiger partial charge in [-0.25, -0.2) is 9.13 Å². The fourth-order valence-electron chi connectivity index (χ4n) is 10.4. The fraction of sp³-hybridized carbons (Fsp3) is 0.591. The lowest BCUT2D eigenvalue weighted by molar-refractivity contribution is -0.161. The van der Waals surface area contributed by atoms with Gasteiger partial charge in [-0.15, -0.1) is 0 Å². The number of unbranched alkanes of at least 4 members (excludes halogenated alkanes) is 17. The van der Waals surface area contributed by atoms with Crippen molar-refractivity contribution in [1.29, 1.82) is 0 Å². The minimum Gasteiger partial charge on any atom is -0.462 e. The highest BCUT2D eigenvalue weighted by molar-refractivity contribution is 7.47. The van der Waals surface area contributed by atoms with Gasteiger partial charge in [0.15, 0.2) is 12.2 Å². The number of allylic oxidation sites excluding steroid dienone is 34. The maximum Gasteiger partial charge on any atom is 0.472 e. The van der Waals surface area contributed by atoms with Crippen molar-refractivity contribution in [1.82, 2.24) is 0 Å². The third-order valence-electron chi connectivity index (χ3n) is 16.8. The summed E-state index contributed by atoms with van der Waals surface area (Å²) in [5.41, 5.74) is 0.